The third-order valence-corrected chi connectivity index (χ3v) is 1.77. The molecule has 0 aromatic rings. The van der Waals surface area contributed by atoms with Crippen LogP contribution in [0.3, 0.4) is 0 Å². The van der Waals surface area contributed by atoms with Crippen LogP contribution in [0.2, 0.25) is 0 Å². The fourth-order valence-corrected chi connectivity index (χ4v) is 1.02. The summed E-state index contributed by atoms with van der Waals surface area (Å²) in [5.41, 5.74) is -0.573. The van der Waals surface area contributed by atoms with Gasteiger partial charge in [0, 0.05) is 5.11 Å². The zero-order valence-electron chi connectivity index (χ0n) is 7.69. The van der Waals surface area contributed by atoms with E-state index in [1.54, 1.807) is 5.43 Å². The first-order valence-electron chi connectivity index (χ1n) is 3.85. The van der Waals surface area contributed by atoms with Gasteiger partial charge in [0.25, 0.3) is 0 Å². The molecule has 0 aliphatic carbocycles. The summed E-state index contributed by atoms with van der Waals surface area (Å²) in [6.07, 6.45) is -0.153. The summed E-state index contributed by atoms with van der Waals surface area (Å²) >= 11 is 0. The predicted molar refractivity (Wildman–Crippen MR) is 46.6 cm³/mol. The van der Waals surface area contributed by atoms with Gasteiger partial charge in [0.05, 0.1) is 10.0 Å². The van der Waals surface area contributed by atoms with Crippen molar-refractivity contribution >= 4 is 5.91 Å². The van der Waals surface area contributed by atoms with E-state index in [1.807, 2.05) is 0 Å². The molecule has 1 atom stereocenters. The molecule has 0 bridgehead atoms. The number of rotatable bonds is 4. The van der Waals surface area contributed by atoms with Crippen LogP contribution in [0.5, 0.6) is 0 Å². The van der Waals surface area contributed by atoms with Crippen molar-refractivity contribution in [3.8, 4) is 0 Å². The van der Waals surface area contributed by atoms with E-state index in [2.05, 4.69) is 10.2 Å². The van der Waals surface area contributed by atoms with Crippen molar-refractivity contribution in [3.05, 3.63) is 32.1 Å². The number of hydrogen-bond acceptors (Lipinski definition) is 8. The van der Waals surface area contributed by atoms with Crippen molar-refractivity contribution in [2.75, 3.05) is 0 Å². The lowest BCUT2D eigenvalue weighted by Crippen LogP contribution is -2.41. The molecule has 0 radical (unpaired) electrons. The second-order valence-electron chi connectivity index (χ2n) is 2.84. The first kappa shape index (κ1) is 11.6. The Morgan fingerprint density at radius 2 is 2.19 bits per heavy atom. The van der Waals surface area contributed by atoms with Gasteiger partial charge in [0.1, 0.15) is 12.5 Å². The van der Waals surface area contributed by atoms with Gasteiger partial charge >= 0.3 is 11.5 Å². The van der Waals surface area contributed by atoms with Crippen molar-refractivity contribution in [2.45, 2.75) is 12.1 Å². The van der Waals surface area contributed by atoms with Crippen LogP contribution in [-0.4, -0.2) is 21.4 Å². The summed E-state index contributed by atoms with van der Waals surface area (Å²) < 4.78 is 0. The molecule has 1 amide bonds. The predicted octanol–water partition coefficient (Wildman–Crippen LogP) is -1.08. The molecule has 11 nitrogen and oxygen atoms in total. The summed E-state index contributed by atoms with van der Waals surface area (Å²) in [4.78, 5) is 30.0. The highest BCUT2D eigenvalue weighted by Crippen LogP contribution is 2.28. The van der Waals surface area contributed by atoms with Crippen LogP contribution >= 0.6 is 0 Å². The number of carbonyl (C=O) groups is 1. The number of amides is 1. The highest BCUT2D eigenvalue weighted by molar-refractivity contribution is 5.76. The molecule has 11 heteroatoms. The first-order chi connectivity index (χ1) is 7.41. The van der Waals surface area contributed by atoms with Crippen molar-refractivity contribution in [3.63, 3.8) is 0 Å². The number of hydrogen-bond donors (Lipinski definition) is 2. The maximum atomic E-state index is 10.9. The Labute approximate surface area is 87.3 Å². The highest BCUT2D eigenvalue weighted by Gasteiger charge is 2.52. The molecule has 0 spiro atoms. The van der Waals surface area contributed by atoms with Crippen molar-refractivity contribution < 1.29 is 14.6 Å². The van der Waals surface area contributed by atoms with Gasteiger partial charge in [-0.15, -0.1) is 0 Å². The Hall–Kier alpha value is -2.43. The zero-order chi connectivity index (χ0) is 12.3. The third-order valence-electron chi connectivity index (χ3n) is 1.77. The van der Waals surface area contributed by atoms with E-state index in [1.165, 1.54) is 0 Å². The largest absolute Gasteiger partial charge is 0.396 e. The molecule has 0 saturated heterocycles. The van der Waals surface area contributed by atoms with Crippen molar-refractivity contribution in [2.24, 2.45) is 16.1 Å². The standard InChI is InChI=1S/C5H6N6O5/c6-7-4(12)2-5(11(15)16)1-3(8-9-5)10(13)14/h1H,2,6H2,(H,7,12). The maximum absolute atomic E-state index is 10.9. The lowest BCUT2D eigenvalue weighted by atomic mass is 10.1. The monoisotopic (exact) mass is 230 g/mol. The fraction of sp³-hybridized carbons (Fsp3) is 0.400. The van der Waals surface area contributed by atoms with E-state index in [0.717, 1.165) is 0 Å². The number of carbonyl (C=O) groups excluding carboxylic acids is 1. The van der Waals surface area contributed by atoms with Gasteiger partial charge in [-0.25, -0.2) is 5.84 Å². The van der Waals surface area contributed by atoms with E-state index in [0.29, 0.717) is 6.08 Å². The van der Waals surface area contributed by atoms with Gasteiger partial charge in [-0.1, -0.05) is 0 Å². The Kier molecular flexibility index (Phi) is 2.89. The molecule has 0 saturated carbocycles. The summed E-state index contributed by atoms with van der Waals surface area (Å²) in [5, 5.41) is 27.2. The van der Waals surface area contributed by atoms with Gasteiger partial charge in [-0.2, -0.15) is 0 Å². The molecule has 1 rings (SSSR count). The summed E-state index contributed by atoms with van der Waals surface area (Å²) in [7, 11) is 0. The summed E-state index contributed by atoms with van der Waals surface area (Å²) in [6.45, 7) is 0. The molecular formula is C5H6N6O5. The van der Waals surface area contributed by atoms with E-state index < -0.39 is 33.7 Å². The Balaban J connectivity index is 3.03. The zero-order valence-corrected chi connectivity index (χ0v) is 7.69. The third kappa shape index (κ3) is 1.98. The Morgan fingerprint density at radius 1 is 1.56 bits per heavy atom. The quantitative estimate of drug-likeness (QED) is 0.269. The average Bonchev–Trinajstić information content (AvgIpc) is 2.63. The minimum Gasteiger partial charge on any atom is -0.358 e. The fourth-order valence-electron chi connectivity index (χ4n) is 1.02. The van der Waals surface area contributed by atoms with Crippen LogP contribution in [0.15, 0.2) is 22.1 Å². The van der Waals surface area contributed by atoms with Crippen LogP contribution < -0.4 is 11.3 Å². The Morgan fingerprint density at radius 3 is 2.56 bits per heavy atom. The number of nitrogens with two attached hydrogens (primary N) is 1. The molecule has 3 N–H and O–H groups in total. The molecule has 0 aromatic carbocycles. The molecule has 1 aliphatic heterocycles. The van der Waals surface area contributed by atoms with Gasteiger partial charge in [-0.05, 0) is 4.92 Å². The van der Waals surface area contributed by atoms with E-state index in [4.69, 9.17) is 5.84 Å². The molecule has 1 unspecified atom stereocenters. The minimum atomic E-state index is -2.24. The molecule has 0 fully saturated rings. The molecule has 0 aromatic heterocycles. The average molecular weight is 230 g/mol. The van der Waals surface area contributed by atoms with Gasteiger partial charge in [0.15, 0.2) is 0 Å². The van der Waals surface area contributed by atoms with Crippen LogP contribution in [0.4, 0.5) is 0 Å². The Bertz CT molecular complexity index is 416. The highest BCUT2D eigenvalue weighted by atomic mass is 16.6. The van der Waals surface area contributed by atoms with Gasteiger partial charge < -0.3 is 10.1 Å². The molecule has 86 valence electrons. The van der Waals surface area contributed by atoms with Crippen LogP contribution in [-0.2, 0) is 4.79 Å². The normalized spacial score (nSPS) is 22.7. The first-order valence-corrected chi connectivity index (χ1v) is 3.85. The smallest absolute Gasteiger partial charge is 0.358 e. The van der Waals surface area contributed by atoms with E-state index in [-0.39, 0.29) is 0 Å². The van der Waals surface area contributed by atoms with Crippen LogP contribution in [0.1, 0.15) is 6.42 Å². The number of nitrogens with one attached hydrogen (secondary N) is 1. The van der Waals surface area contributed by atoms with E-state index in [9.17, 15) is 25.0 Å². The molecular weight excluding hydrogens is 224 g/mol. The lowest BCUT2D eigenvalue weighted by Gasteiger charge is -2.09. The molecule has 1 heterocycles. The number of nitrogens with zero attached hydrogens (tertiary/aromatic N) is 4. The van der Waals surface area contributed by atoms with Gasteiger partial charge in [-0.3, -0.25) is 20.3 Å². The van der Waals surface area contributed by atoms with Crippen LogP contribution in [0.25, 0.3) is 0 Å². The topological polar surface area (TPSA) is 166 Å². The number of hydrazine groups is 1. The second kappa shape index (κ2) is 3.98. The van der Waals surface area contributed by atoms with Gasteiger partial charge in [0.2, 0.25) is 5.91 Å². The number of azo groups is 1. The minimum absolute atomic E-state index is 0.599. The maximum Gasteiger partial charge on any atom is 0.396 e. The summed E-state index contributed by atoms with van der Waals surface area (Å²) in [5.74, 6) is 3.10. The molecule has 16 heavy (non-hydrogen) atoms. The van der Waals surface area contributed by atoms with Crippen LogP contribution in [0, 0.1) is 20.2 Å². The summed E-state index contributed by atoms with van der Waals surface area (Å²) in [6, 6.07) is 0. The second-order valence-corrected chi connectivity index (χ2v) is 2.84. The van der Waals surface area contributed by atoms with Crippen molar-refractivity contribution in [1.82, 2.24) is 5.43 Å². The SMILES string of the molecule is NNC(=O)CC1([N+](=O)[O-])C=C([N+](=O)[O-])N=N1. The molecule has 1 aliphatic rings. The van der Waals surface area contributed by atoms with E-state index >= 15 is 0 Å². The number of nitro groups is 2. The van der Waals surface area contributed by atoms with Crippen molar-refractivity contribution in [1.29, 1.82) is 0 Å². The lowest BCUT2D eigenvalue weighted by molar-refractivity contribution is -0.552.